The molecule has 2 unspecified atom stereocenters. The summed E-state index contributed by atoms with van der Waals surface area (Å²) in [5.74, 6) is 0.593. The first-order valence-electron chi connectivity index (χ1n) is 7.75. The topological polar surface area (TPSA) is 59.0 Å². The van der Waals surface area contributed by atoms with E-state index in [-0.39, 0.29) is 24.0 Å². The molecular formula is C17H23ClN4O. The van der Waals surface area contributed by atoms with E-state index >= 15 is 0 Å². The van der Waals surface area contributed by atoms with E-state index in [1.165, 1.54) is 0 Å². The predicted molar refractivity (Wildman–Crippen MR) is 93.7 cm³/mol. The van der Waals surface area contributed by atoms with Crippen LogP contribution in [0.4, 0.5) is 5.82 Å². The maximum Gasteiger partial charge on any atom is 0.242 e. The van der Waals surface area contributed by atoms with Gasteiger partial charge in [0.1, 0.15) is 5.82 Å². The molecule has 0 aliphatic heterocycles. The van der Waals surface area contributed by atoms with E-state index < -0.39 is 0 Å². The molecule has 1 aromatic carbocycles. The van der Waals surface area contributed by atoms with Gasteiger partial charge in [0.2, 0.25) is 5.91 Å². The molecule has 0 radical (unpaired) electrons. The van der Waals surface area contributed by atoms with Crippen LogP contribution in [-0.2, 0) is 4.79 Å². The Morgan fingerprint density at radius 1 is 1.17 bits per heavy atom. The Morgan fingerprint density at radius 3 is 2.52 bits per heavy atom. The largest absolute Gasteiger partial charge is 0.310 e. The average Bonchev–Trinajstić information content (AvgIpc) is 2.95. The molecule has 6 heteroatoms. The van der Waals surface area contributed by atoms with Crippen LogP contribution < -0.4 is 10.6 Å². The van der Waals surface area contributed by atoms with E-state index in [9.17, 15) is 4.79 Å². The lowest BCUT2D eigenvalue weighted by Crippen LogP contribution is -2.39. The number of carbonyl (C=O) groups is 1. The monoisotopic (exact) mass is 334 g/mol. The van der Waals surface area contributed by atoms with Gasteiger partial charge in [-0.05, 0) is 39.3 Å². The number of amides is 1. The lowest BCUT2D eigenvalue weighted by atomic mass is 10.1. The highest BCUT2D eigenvalue weighted by Gasteiger charge is 2.19. The number of benzene rings is 1. The van der Waals surface area contributed by atoms with Crippen LogP contribution in [-0.4, -0.2) is 21.7 Å². The zero-order valence-electron chi connectivity index (χ0n) is 13.9. The van der Waals surface area contributed by atoms with Crippen LogP contribution in [0.2, 0.25) is 5.02 Å². The number of carbonyl (C=O) groups excluding carboxylic acids is 1. The second kappa shape index (κ2) is 7.62. The Hall–Kier alpha value is -1.85. The molecule has 2 rings (SSSR count). The number of aromatic nitrogens is 2. The number of anilines is 1. The third kappa shape index (κ3) is 4.33. The van der Waals surface area contributed by atoms with Gasteiger partial charge in [0.25, 0.3) is 0 Å². The summed E-state index contributed by atoms with van der Waals surface area (Å²) in [5.41, 5.74) is 0.973. The summed E-state index contributed by atoms with van der Waals surface area (Å²) in [5, 5.41) is 11.1. The van der Waals surface area contributed by atoms with Gasteiger partial charge >= 0.3 is 0 Å². The van der Waals surface area contributed by atoms with Crippen molar-refractivity contribution in [2.24, 2.45) is 0 Å². The number of nitrogens with zero attached hydrogens (tertiary/aromatic N) is 2. The molecule has 0 saturated heterocycles. The minimum absolute atomic E-state index is 0.0283. The number of hydrogen-bond donors (Lipinski definition) is 2. The van der Waals surface area contributed by atoms with E-state index in [2.05, 4.69) is 15.7 Å². The fraction of sp³-hybridized carbons (Fsp3) is 0.412. The second-order valence-corrected chi connectivity index (χ2v) is 6.28. The molecule has 0 saturated carbocycles. The van der Waals surface area contributed by atoms with Gasteiger partial charge in [-0.15, -0.1) is 0 Å². The molecule has 2 N–H and O–H groups in total. The van der Waals surface area contributed by atoms with Gasteiger partial charge in [0, 0.05) is 23.2 Å². The Bertz CT molecular complexity index is 668. The predicted octanol–water partition coefficient (Wildman–Crippen LogP) is 3.80. The number of rotatable bonds is 6. The molecule has 1 aromatic heterocycles. The zero-order valence-corrected chi connectivity index (χ0v) is 14.6. The summed E-state index contributed by atoms with van der Waals surface area (Å²) < 4.78 is 1.78. The van der Waals surface area contributed by atoms with Crippen molar-refractivity contribution in [3.05, 3.63) is 47.1 Å². The zero-order chi connectivity index (χ0) is 17.0. The fourth-order valence-corrected chi connectivity index (χ4v) is 2.73. The van der Waals surface area contributed by atoms with E-state index in [0.29, 0.717) is 10.8 Å². The van der Waals surface area contributed by atoms with Crippen molar-refractivity contribution >= 4 is 23.3 Å². The molecule has 124 valence electrons. The van der Waals surface area contributed by atoms with Crippen molar-refractivity contribution in [1.82, 2.24) is 15.1 Å². The lowest BCUT2D eigenvalue weighted by Gasteiger charge is -2.21. The van der Waals surface area contributed by atoms with E-state index in [4.69, 9.17) is 11.6 Å². The van der Waals surface area contributed by atoms with Crippen molar-refractivity contribution in [2.75, 3.05) is 5.32 Å². The van der Waals surface area contributed by atoms with Gasteiger partial charge in [-0.25, -0.2) is 4.68 Å². The molecule has 0 spiro atoms. The van der Waals surface area contributed by atoms with Crippen LogP contribution >= 0.6 is 11.6 Å². The number of nitrogens with one attached hydrogen (secondary N) is 2. The molecule has 0 aliphatic carbocycles. The maximum absolute atomic E-state index is 12.4. The van der Waals surface area contributed by atoms with Crippen molar-refractivity contribution in [3.63, 3.8) is 0 Å². The Kier molecular flexibility index (Phi) is 5.80. The normalized spacial score (nSPS) is 13.8. The molecule has 0 fully saturated rings. The van der Waals surface area contributed by atoms with Crippen LogP contribution in [0, 0.1) is 0 Å². The van der Waals surface area contributed by atoms with Gasteiger partial charge < -0.3 is 5.32 Å². The third-order valence-corrected chi connectivity index (χ3v) is 4.02. The quantitative estimate of drug-likeness (QED) is 0.844. The molecule has 0 bridgehead atoms. The highest BCUT2D eigenvalue weighted by atomic mass is 35.5. The van der Waals surface area contributed by atoms with Crippen LogP contribution in [0.15, 0.2) is 36.5 Å². The van der Waals surface area contributed by atoms with E-state index in [1.807, 2.05) is 52.0 Å². The van der Waals surface area contributed by atoms with E-state index in [1.54, 1.807) is 16.9 Å². The second-order valence-electron chi connectivity index (χ2n) is 5.88. The molecule has 0 aliphatic rings. The molecule has 1 amide bonds. The highest BCUT2D eigenvalue weighted by molar-refractivity contribution is 6.31. The minimum Gasteiger partial charge on any atom is -0.310 e. The van der Waals surface area contributed by atoms with Gasteiger partial charge in [-0.3, -0.25) is 10.1 Å². The van der Waals surface area contributed by atoms with Gasteiger partial charge in [0.15, 0.2) is 0 Å². The summed E-state index contributed by atoms with van der Waals surface area (Å²) in [6.45, 7) is 7.86. The fourth-order valence-electron chi connectivity index (χ4n) is 2.43. The minimum atomic E-state index is -0.364. The summed E-state index contributed by atoms with van der Waals surface area (Å²) in [6, 6.07) is 9.22. The molecule has 5 nitrogen and oxygen atoms in total. The first-order chi connectivity index (χ1) is 10.9. The first-order valence-corrected chi connectivity index (χ1v) is 8.12. The van der Waals surface area contributed by atoms with Crippen LogP contribution in [0.25, 0.3) is 0 Å². The Labute approximate surface area is 142 Å². The highest BCUT2D eigenvalue weighted by Crippen LogP contribution is 2.22. The van der Waals surface area contributed by atoms with E-state index in [0.717, 1.165) is 5.56 Å². The Balaban J connectivity index is 2.00. The molecule has 2 atom stereocenters. The smallest absolute Gasteiger partial charge is 0.242 e. The van der Waals surface area contributed by atoms with Crippen molar-refractivity contribution < 1.29 is 4.79 Å². The molecular weight excluding hydrogens is 312 g/mol. The van der Waals surface area contributed by atoms with Gasteiger partial charge in [0.05, 0.1) is 12.2 Å². The average molecular weight is 335 g/mol. The molecule has 23 heavy (non-hydrogen) atoms. The summed E-state index contributed by atoms with van der Waals surface area (Å²) >= 11 is 6.20. The maximum atomic E-state index is 12.4. The molecule has 1 heterocycles. The number of halogens is 1. The summed E-state index contributed by atoms with van der Waals surface area (Å²) in [7, 11) is 0. The first kappa shape index (κ1) is 17.5. The van der Waals surface area contributed by atoms with Crippen LogP contribution in [0.3, 0.4) is 0 Å². The van der Waals surface area contributed by atoms with Crippen LogP contribution in [0.1, 0.15) is 45.3 Å². The SMILES string of the molecule is CC(NC(C)c1ccccc1Cl)C(=O)Nc1ccnn1C(C)C. The van der Waals surface area contributed by atoms with Crippen molar-refractivity contribution in [1.29, 1.82) is 0 Å². The molecule has 2 aromatic rings. The number of hydrogen-bond acceptors (Lipinski definition) is 3. The Morgan fingerprint density at radius 2 is 1.87 bits per heavy atom. The summed E-state index contributed by atoms with van der Waals surface area (Å²) in [6.07, 6.45) is 1.68. The van der Waals surface area contributed by atoms with Crippen molar-refractivity contribution in [2.45, 2.75) is 45.8 Å². The van der Waals surface area contributed by atoms with Gasteiger partial charge in [-0.1, -0.05) is 29.8 Å². The standard InChI is InChI=1S/C17H23ClN4O/c1-11(2)22-16(9-10-19-22)21-17(23)13(4)20-12(3)14-7-5-6-8-15(14)18/h5-13,20H,1-4H3,(H,21,23). The lowest BCUT2D eigenvalue weighted by molar-refractivity contribution is -0.118. The summed E-state index contributed by atoms with van der Waals surface area (Å²) in [4.78, 5) is 12.4. The van der Waals surface area contributed by atoms with Gasteiger partial charge in [-0.2, -0.15) is 5.10 Å². The van der Waals surface area contributed by atoms with Crippen molar-refractivity contribution in [3.8, 4) is 0 Å². The van der Waals surface area contributed by atoms with Crippen LogP contribution in [0.5, 0.6) is 0 Å². The third-order valence-electron chi connectivity index (χ3n) is 3.68.